The van der Waals surface area contributed by atoms with Crippen molar-refractivity contribution in [1.82, 2.24) is 20.2 Å². The average Bonchev–Trinajstić information content (AvgIpc) is 3.01. The molecule has 7 heteroatoms. The Hall–Kier alpha value is -1.50. The molecule has 1 aliphatic heterocycles. The summed E-state index contributed by atoms with van der Waals surface area (Å²) in [5, 5.41) is 20.9. The van der Waals surface area contributed by atoms with E-state index in [0.29, 0.717) is 31.1 Å². The summed E-state index contributed by atoms with van der Waals surface area (Å²) in [5.41, 5.74) is 0. The highest BCUT2D eigenvalue weighted by Crippen LogP contribution is 2.18. The lowest BCUT2D eigenvalue weighted by molar-refractivity contribution is -0.142. The standard InChI is InChI=1S/C13H22N4O3/c1-9(2)6-10(13(18)19)8-17-12(14-15-16-17)7-11-4-3-5-20-11/h9-11H,3-8H2,1-2H3,(H,18,19). The number of carboxylic acid groups (broad SMARTS) is 1. The molecule has 1 aromatic heterocycles. The fourth-order valence-electron chi connectivity index (χ4n) is 2.55. The monoisotopic (exact) mass is 282 g/mol. The normalized spacial score (nSPS) is 20.4. The van der Waals surface area contributed by atoms with Crippen molar-refractivity contribution in [3.8, 4) is 0 Å². The van der Waals surface area contributed by atoms with Crippen LogP contribution in [0.3, 0.4) is 0 Å². The van der Waals surface area contributed by atoms with Crippen LogP contribution in [0, 0.1) is 11.8 Å². The number of rotatable bonds is 7. The summed E-state index contributed by atoms with van der Waals surface area (Å²) in [6, 6.07) is 0. The van der Waals surface area contributed by atoms with Crippen LogP contribution in [0.25, 0.3) is 0 Å². The summed E-state index contributed by atoms with van der Waals surface area (Å²) in [5.74, 6) is -0.208. The number of hydrogen-bond acceptors (Lipinski definition) is 5. The molecule has 7 nitrogen and oxygen atoms in total. The Morgan fingerprint density at radius 3 is 2.95 bits per heavy atom. The molecule has 0 aliphatic carbocycles. The number of carboxylic acids is 1. The molecule has 0 saturated carbocycles. The molecule has 0 radical (unpaired) electrons. The van der Waals surface area contributed by atoms with E-state index in [0.717, 1.165) is 19.4 Å². The minimum Gasteiger partial charge on any atom is -0.481 e. The average molecular weight is 282 g/mol. The molecule has 0 amide bonds. The molecule has 2 heterocycles. The molecule has 1 aromatic rings. The predicted molar refractivity (Wildman–Crippen MR) is 71.1 cm³/mol. The van der Waals surface area contributed by atoms with Gasteiger partial charge < -0.3 is 9.84 Å². The zero-order chi connectivity index (χ0) is 14.5. The van der Waals surface area contributed by atoms with E-state index in [9.17, 15) is 9.90 Å². The molecule has 1 saturated heterocycles. The second-order valence-electron chi connectivity index (χ2n) is 5.78. The lowest BCUT2D eigenvalue weighted by Crippen LogP contribution is -2.24. The molecule has 0 spiro atoms. The number of aromatic nitrogens is 4. The second kappa shape index (κ2) is 6.78. The molecule has 2 unspecified atom stereocenters. The molecule has 0 aromatic carbocycles. The van der Waals surface area contributed by atoms with Crippen molar-refractivity contribution in [1.29, 1.82) is 0 Å². The summed E-state index contributed by atoms with van der Waals surface area (Å²) in [6.07, 6.45) is 3.52. The van der Waals surface area contributed by atoms with E-state index in [-0.39, 0.29) is 6.10 Å². The van der Waals surface area contributed by atoms with E-state index in [1.807, 2.05) is 13.8 Å². The van der Waals surface area contributed by atoms with Crippen LogP contribution in [-0.2, 0) is 22.5 Å². The van der Waals surface area contributed by atoms with Crippen molar-refractivity contribution in [2.75, 3.05) is 6.61 Å². The third-order valence-electron chi connectivity index (χ3n) is 3.54. The van der Waals surface area contributed by atoms with Gasteiger partial charge in [-0.2, -0.15) is 0 Å². The number of nitrogens with zero attached hydrogens (tertiary/aromatic N) is 4. The Balaban J connectivity index is 2.00. The fraction of sp³-hybridized carbons (Fsp3) is 0.846. The van der Waals surface area contributed by atoms with Gasteiger partial charge in [-0.1, -0.05) is 13.8 Å². The largest absolute Gasteiger partial charge is 0.481 e. The van der Waals surface area contributed by atoms with Crippen LogP contribution in [0.15, 0.2) is 0 Å². The van der Waals surface area contributed by atoms with Crippen molar-refractivity contribution >= 4 is 5.97 Å². The smallest absolute Gasteiger partial charge is 0.308 e. The molecule has 20 heavy (non-hydrogen) atoms. The minimum atomic E-state index is -0.794. The van der Waals surface area contributed by atoms with Crippen molar-refractivity contribution in [2.45, 2.75) is 52.2 Å². The van der Waals surface area contributed by atoms with Crippen LogP contribution in [0.4, 0.5) is 0 Å². The van der Waals surface area contributed by atoms with Crippen LogP contribution < -0.4 is 0 Å². The summed E-state index contributed by atoms with van der Waals surface area (Å²) in [7, 11) is 0. The molecule has 112 valence electrons. The minimum absolute atomic E-state index is 0.160. The van der Waals surface area contributed by atoms with E-state index >= 15 is 0 Å². The van der Waals surface area contributed by atoms with E-state index in [1.165, 1.54) is 0 Å². The van der Waals surface area contributed by atoms with Gasteiger partial charge in [-0.15, -0.1) is 5.10 Å². The highest BCUT2D eigenvalue weighted by atomic mass is 16.5. The van der Waals surface area contributed by atoms with Crippen LogP contribution >= 0.6 is 0 Å². The van der Waals surface area contributed by atoms with Gasteiger partial charge in [-0.05, 0) is 35.6 Å². The maximum absolute atomic E-state index is 11.3. The van der Waals surface area contributed by atoms with E-state index in [4.69, 9.17) is 4.74 Å². The number of tetrazole rings is 1. The Morgan fingerprint density at radius 2 is 2.35 bits per heavy atom. The lowest BCUT2D eigenvalue weighted by Gasteiger charge is -2.15. The summed E-state index contributed by atoms with van der Waals surface area (Å²) in [4.78, 5) is 11.3. The quantitative estimate of drug-likeness (QED) is 0.806. The van der Waals surface area contributed by atoms with Gasteiger partial charge in [0.05, 0.1) is 18.6 Å². The lowest BCUT2D eigenvalue weighted by atomic mass is 9.97. The van der Waals surface area contributed by atoms with E-state index in [2.05, 4.69) is 15.5 Å². The second-order valence-corrected chi connectivity index (χ2v) is 5.78. The number of ether oxygens (including phenoxy) is 1. The van der Waals surface area contributed by atoms with Gasteiger partial charge in [-0.25, -0.2) is 4.68 Å². The van der Waals surface area contributed by atoms with Gasteiger partial charge in [0.25, 0.3) is 0 Å². The Labute approximate surface area is 118 Å². The summed E-state index contributed by atoms with van der Waals surface area (Å²) < 4.78 is 7.19. The Kier molecular flexibility index (Phi) is 5.05. The van der Waals surface area contributed by atoms with Gasteiger partial charge in [-0.3, -0.25) is 4.79 Å². The maximum Gasteiger partial charge on any atom is 0.308 e. The zero-order valence-electron chi connectivity index (χ0n) is 12.0. The molecular formula is C13H22N4O3. The third kappa shape index (κ3) is 4.00. The first kappa shape index (κ1) is 14.9. The van der Waals surface area contributed by atoms with Crippen molar-refractivity contribution in [3.05, 3.63) is 5.82 Å². The SMILES string of the molecule is CC(C)CC(Cn1nnnc1CC1CCCO1)C(=O)O. The molecule has 1 fully saturated rings. The van der Waals surface area contributed by atoms with Gasteiger partial charge in [0, 0.05) is 13.0 Å². The third-order valence-corrected chi connectivity index (χ3v) is 3.54. The van der Waals surface area contributed by atoms with Gasteiger partial charge >= 0.3 is 5.97 Å². The van der Waals surface area contributed by atoms with Crippen LogP contribution in [-0.4, -0.2) is 44.0 Å². The Morgan fingerprint density at radius 1 is 1.55 bits per heavy atom. The number of hydrogen-bond donors (Lipinski definition) is 1. The summed E-state index contributed by atoms with van der Waals surface area (Å²) >= 11 is 0. The van der Waals surface area contributed by atoms with Gasteiger partial charge in [0.2, 0.25) is 0 Å². The van der Waals surface area contributed by atoms with E-state index < -0.39 is 11.9 Å². The first-order valence-corrected chi connectivity index (χ1v) is 7.15. The van der Waals surface area contributed by atoms with Crippen molar-refractivity contribution < 1.29 is 14.6 Å². The molecule has 1 N–H and O–H groups in total. The fourth-order valence-corrected chi connectivity index (χ4v) is 2.55. The van der Waals surface area contributed by atoms with Crippen LogP contribution in [0.5, 0.6) is 0 Å². The highest BCUT2D eigenvalue weighted by molar-refractivity contribution is 5.69. The van der Waals surface area contributed by atoms with Gasteiger partial charge in [0.1, 0.15) is 0 Å². The van der Waals surface area contributed by atoms with Crippen molar-refractivity contribution in [2.24, 2.45) is 11.8 Å². The van der Waals surface area contributed by atoms with Gasteiger partial charge in [0.15, 0.2) is 5.82 Å². The summed E-state index contributed by atoms with van der Waals surface area (Å²) in [6.45, 7) is 5.14. The molecule has 0 bridgehead atoms. The van der Waals surface area contributed by atoms with Crippen molar-refractivity contribution in [3.63, 3.8) is 0 Å². The topological polar surface area (TPSA) is 90.1 Å². The van der Waals surface area contributed by atoms with Crippen LogP contribution in [0.2, 0.25) is 0 Å². The zero-order valence-corrected chi connectivity index (χ0v) is 12.0. The highest BCUT2D eigenvalue weighted by Gasteiger charge is 2.24. The first-order valence-electron chi connectivity index (χ1n) is 7.15. The molecule has 2 rings (SSSR count). The molecule has 1 aliphatic rings. The predicted octanol–water partition coefficient (Wildman–Crippen LogP) is 1.14. The maximum atomic E-state index is 11.3. The van der Waals surface area contributed by atoms with Crippen LogP contribution in [0.1, 0.15) is 38.9 Å². The molecular weight excluding hydrogens is 260 g/mol. The Bertz CT molecular complexity index is 441. The number of aliphatic carboxylic acids is 1. The number of carbonyl (C=O) groups is 1. The first-order chi connectivity index (χ1) is 9.56. The van der Waals surface area contributed by atoms with E-state index in [1.54, 1.807) is 4.68 Å². The molecule has 2 atom stereocenters.